The molecule has 3 saturated carbocycles. The number of carbonyl (C=O) groups is 2. The van der Waals surface area contributed by atoms with Crippen molar-refractivity contribution in [1.29, 1.82) is 0 Å². The third kappa shape index (κ3) is 3.35. The second-order valence-electron chi connectivity index (χ2n) is 8.86. The number of halogens is 2. The largest absolute Gasteiger partial charge is 0.466 e. The summed E-state index contributed by atoms with van der Waals surface area (Å²) in [5.74, 6) is -0.645. The second-order valence-corrected chi connectivity index (χ2v) is 10.2. The van der Waals surface area contributed by atoms with Crippen LogP contribution in [0.5, 0.6) is 0 Å². The number of allylic oxidation sites excluding steroid dienone is 1. The Morgan fingerprint density at radius 1 is 1.29 bits per heavy atom. The first-order chi connectivity index (χ1) is 16.2. The number of nitrogens with zero attached hydrogens (tertiary/aromatic N) is 3. The lowest BCUT2D eigenvalue weighted by molar-refractivity contribution is -0.230. The Kier molecular flexibility index (Phi) is 5.50. The van der Waals surface area contributed by atoms with E-state index in [1.807, 2.05) is 5.38 Å². The summed E-state index contributed by atoms with van der Waals surface area (Å²) in [7, 11) is 4.34. The molecule has 1 aromatic heterocycles. The maximum atomic E-state index is 13.8. The Labute approximate surface area is 204 Å². The summed E-state index contributed by atoms with van der Waals surface area (Å²) < 4.78 is 18.9. The van der Waals surface area contributed by atoms with E-state index >= 15 is 0 Å². The molecule has 1 atom stereocenters. The summed E-state index contributed by atoms with van der Waals surface area (Å²) in [6, 6.07) is 3.18. The second kappa shape index (κ2) is 8.14. The lowest BCUT2D eigenvalue weighted by Crippen LogP contribution is -2.70. The van der Waals surface area contributed by atoms with Gasteiger partial charge in [0.15, 0.2) is 10.8 Å². The van der Waals surface area contributed by atoms with Crippen molar-refractivity contribution in [3.05, 3.63) is 62.5 Å². The molecule has 2 bridgehead atoms. The third-order valence-electron chi connectivity index (χ3n) is 6.92. The fourth-order valence-electron chi connectivity index (χ4n) is 5.38. The number of rotatable bonds is 6. The van der Waals surface area contributed by atoms with E-state index in [1.54, 1.807) is 13.2 Å². The lowest BCUT2D eigenvalue weighted by Gasteiger charge is -2.70. The molecular formula is C23H22ClFN4O4S. The van der Waals surface area contributed by atoms with Gasteiger partial charge in [-0.3, -0.25) is 14.6 Å². The lowest BCUT2D eigenvalue weighted by atomic mass is 9.33. The van der Waals surface area contributed by atoms with Crippen molar-refractivity contribution in [3.8, 4) is 0 Å². The molecule has 4 aliphatic rings. The van der Waals surface area contributed by atoms with Gasteiger partial charge in [0.25, 0.3) is 5.91 Å². The van der Waals surface area contributed by atoms with Crippen molar-refractivity contribution in [3.63, 3.8) is 0 Å². The van der Waals surface area contributed by atoms with Gasteiger partial charge in [-0.25, -0.2) is 19.2 Å². The quantitative estimate of drug-likeness (QED) is 0.477. The van der Waals surface area contributed by atoms with Crippen molar-refractivity contribution < 1.29 is 23.6 Å². The van der Waals surface area contributed by atoms with E-state index in [9.17, 15) is 14.0 Å². The summed E-state index contributed by atoms with van der Waals surface area (Å²) in [6.07, 6.45) is 3.34. The van der Waals surface area contributed by atoms with Crippen LogP contribution in [-0.4, -0.2) is 49.0 Å². The highest BCUT2D eigenvalue weighted by Gasteiger charge is 2.74. The van der Waals surface area contributed by atoms with E-state index in [0.29, 0.717) is 46.9 Å². The Morgan fingerprint density at radius 3 is 2.62 bits per heavy atom. The number of amidine groups is 1. The first kappa shape index (κ1) is 22.9. The van der Waals surface area contributed by atoms with E-state index in [4.69, 9.17) is 26.2 Å². The number of aliphatic imine (C=N–C) groups is 1. The van der Waals surface area contributed by atoms with E-state index in [0.717, 1.165) is 0 Å². The zero-order valence-electron chi connectivity index (χ0n) is 18.7. The van der Waals surface area contributed by atoms with Crippen molar-refractivity contribution in [2.75, 3.05) is 21.3 Å². The van der Waals surface area contributed by atoms with Gasteiger partial charge < -0.3 is 10.1 Å². The third-order valence-corrected chi connectivity index (χ3v) is 8.02. The van der Waals surface area contributed by atoms with Crippen molar-refractivity contribution in [2.24, 2.45) is 15.8 Å². The molecule has 2 aromatic rings. The van der Waals surface area contributed by atoms with E-state index in [1.165, 1.54) is 48.8 Å². The molecule has 0 spiro atoms. The molecule has 1 amide bonds. The Hall–Kier alpha value is -2.82. The molecule has 3 aliphatic carbocycles. The van der Waals surface area contributed by atoms with Crippen LogP contribution in [-0.2, 0) is 19.2 Å². The van der Waals surface area contributed by atoms with Crippen LogP contribution in [0.1, 0.15) is 35.9 Å². The normalized spacial score (nSPS) is 27.2. The van der Waals surface area contributed by atoms with Crippen LogP contribution in [0.2, 0.25) is 5.02 Å². The smallest absolute Gasteiger partial charge is 0.338 e. The predicted molar refractivity (Wildman–Crippen MR) is 123 cm³/mol. The highest BCUT2D eigenvalue weighted by Crippen LogP contribution is 2.77. The van der Waals surface area contributed by atoms with Crippen molar-refractivity contribution in [2.45, 2.75) is 25.3 Å². The SMILES string of the molecule is COC(=O)C1=C(C23CC(C(=O)N(C)OC)(C2)C3)NC(c2nccs2)=NC1c1ccc(F)cc1Cl. The first-order valence-electron chi connectivity index (χ1n) is 10.6. The Balaban J connectivity index is 1.60. The first-order valence-corrected chi connectivity index (χ1v) is 11.8. The molecule has 8 nitrogen and oxygen atoms in total. The number of benzene rings is 1. The molecular weight excluding hydrogens is 483 g/mol. The summed E-state index contributed by atoms with van der Waals surface area (Å²) in [4.78, 5) is 40.1. The van der Waals surface area contributed by atoms with Crippen LogP contribution in [0.3, 0.4) is 0 Å². The fraction of sp³-hybridized carbons (Fsp3) is 0.391. The van der Waals surface area contributed by atoms with Crippen LogP contribution < -0.4 is 5.32 Å². The van der Waals surface area contributed by atoms with Gasteiger partial charge in [0.1, 0.15) is 11.9 Å². The van der Waals surface area contributed by atoms with Gasteiger partial charge in [-0.1, -0.05) is 17.7 Å². The molecule has 1 N–H and O–H groups in total. The standard InChI is InChI=1S/C23H22ClFN4O4S/c1-29(33-3)21(31)23-9-22(10-23,11-23)17-15(20(30)32-2)16(13-5-4-12(25)8-14(13)24)27-18(28-17)19-26-6-7-34-19/h4-8,16H,9-11H2,1-3H3,(H,27,28). The van der Waals surface area contributed by atoms with Gasteiger partial charge in [-0.2, -0.15) is 0 Å². The Bertz CT molecular complexity index is 1230. The van der Waals surface area contributed by atoms with Crippen LogP contribution in [0.4, 0.5) is 4.39 Å². The maximum absolute atomic E-state index is 13.8. The summed E-state index contributed by atoms with van der Waals surface area (Å²) >= 11 is 7.80. The van der Waals surface area contributed by atoms with Gasteiger partial charge in [0, 0.05) is 40.3 Å². The maximum Gasteiger partial charge on any atom is 0.338 e. The van der Waals surface area contributed by atoms with Gasteiger partial charge in [0.05, 0.1) is 25.2 Å². The zero-order chi connectivity index (χ0) is 24.3. The summed E-state index contributed by atoms with van der Waals surface area (Å²) in [5, 5.41) is 7.20. The summed E-state index contributed by atoms with van der Waals surface area (Å²) in [6.45, 7) is 0. The molecule has 3 fully saturated rings. The number of hydrogen-bond donors (Lipinski definition) is 1. The number of methoxy groups -OCH3 is 1. The molecule has 1 unspecified atom stereocenters. The average Bonchev–Trinajstić information content (AvgIpc) is 3.30. The molecule has 178 valence electrons. The number of nitrogens with one attached hydrogen (secondary N) is 1. The van der Waals surface area contributed by atoms with Gasteiger partial charge in [-0.05, 0) is 31.4 Å². The topological polar surface area (TPSA) is 93.1 Å². The van der Waals surface area contributed by atoms with Crippen LogP contribution >= 0.6 is 22.9 Å². The fourth-order valence-corrected chi connectivity index (χ4v) is 6.24. The van der Waals surface area contributed by atoms with E-state index < -0.39 is 28.7 Å². The molecule has 6 rings (SSSR count). The molecule has 0 saturated heterocycles. The zero-order valence-corrected chi connectivity index (χ0v) is 20.3. The molecule has 2 heterocycles. The van der Waals surface area contributed by atoms with Crippen molar-refractivity contribution in [1.82, 2.24) is 15.4 Å². The molecule has 0 radical (unpaired) electrons. The van der Waals surface area contributed by atoms with Gasteiger partial charge >= 0.3 is 5.97 Å². The number of amides is 1. The number of aromatic nitrogens is 1. The van der Waals surface area contributed by atoms with Crippen LogP contribution in [0, 0.1) is 16.6 Å². The number of ether oxygens (including phenoxy) is 1. The minimum absolute atomic E-state index is 0.0835. The predicted octanol–water partition coefficient (Wildman–Crippen LogP) is 3.64. The number of carbonyl (C=O) groups excluding carboxylic acids is 2. The van der Waals surface area contributed by atoms with Gasteiger partial charge in [-0.15, -0.1) is 11.3 Å². The molecule has 11 heteroatoms. The summed E-state index contributed by atoms with van der Waals surface area (Å²) in [5.41, 5.74) is 0.501. The van der Waals surface area contributed by atoms with Crippen molar-refractivity contribution >= 4 is 40.6 Å². The molecule has 34 heavy (non-hydrogen) atoms. The Morgan fingerprint density at radius 2 is 2.03 bits per heavy atom. The van der Waals surface area contributed by atoms with E-state index in [2.05, 4.69) is 10.3 Å². The van der Waals surface area contributed by atoms with Crippen LogP contribution in [0.15, 0.2) is 46.0 Å². The van der Waals surface area contributed by atoms with E-state index in [-0.39, 0.29) is 10.9 Å². The monoisotopic (exact) mass is 504 g/mol. The number of hydrogen-bond acceptors (Lipinski definition) is 8. The average molecular weight is 505 g/mol. The highest BCUT2D eigenvalue weighted by atomic mass is 35.5. The van der Waals surface area contributed by atoms with Crippen LogP contribution in [0.25, 0.3) is 0 Å². The number of esters is 1. The molecule has 1 aliphatic heterocycles. The molecule has 1 aromatic carbocycles. The minimum Gasteiger partial charge on any atom is -0.466 e. The highest BCUT2D eigenvalue weighted by molar-refractivity contribution is 7.11. The minimum atomic E-state index is -0.821. The number of thiazole rings is 1. The van der Waals surface area contributed by atoms with Gasteiger partial charge in [0.2, 0.25) is 0 Å². The number of hydroxylamine groups is 2.